The molecule has 114 valence electrons. The smallest absolute Gasteiger partial charge is 0.130 e. The quantitative estimate of drug-likeness (QED) is 0.669. The van der Waals surface area contributed by atoms with Crippen LogP contribution in [0.3, 0.4) is 0 Å². The first kappa shape index (κ1) is 14.6. The maximum atomic E-state index is 14.0. The van der Waals surface area contributed by atoms with Crippen molar-refractivity contribution in [3.05, 3.63) is 54.1 Å². The fourth-order valence-corrected chi connectivity index (χ4v) is 2.91. The van der Waals surface area contributed by atoms with Crippen molar-refractivity contribution in [1.82, 2.24) is 4.57 Å². The molecule has 0 amide bonds. The molecule has 3 rings (SSSR count). The van der Waals surface area contributed by atoms with E-state index in [1.54, 1.807) is 13.8 Å². The van der Waals surface area contributed by atoms with Crippen LogP contribution in [-0.4, -0.2) is 4.57 Å². The molecule has 0 aliphatic rings. The number of nitrogens with zero attached hydrogens (tertiary/aromatic N) is 1. The van der Waals surface area contributed by atoms with Gasteiger partial charge in [-0.15, -0.1) is 0 Å². The summed E-state index contributed by atoms with van der Waals surface area (Å²) in [6, 6.07) is 15.8. The Morgan fingerprint density at radius 2 is 1.73 bits per heavy atom. The van der Waals surface area contributed by atoms with Gasteiger partial charge >= 0.3 is 0 Å². The highest BCUT2D eigenvalue weighted by atomic mass is 19.1. The largest absolute Gasteiger partial charge is 0.399 e. The van der Waals surface area contributed by atoms with Crippen LogP contribution in [-0.2, 0) is 12.2 Å². The second-order valence-corrected chi connectivity index (χ2v) is 6.14. The van der Waals surface area contributed by atoms with Gasteiger partial charge in [0.2, 0.25) is 0 Å². The predicted octanol–water partition coefficient (Wildman–Crippen LogP) is 5.12. The van der Waals surface area contributed by atoms with E-state index >= 15 is 0 Å². The van der Waals surface area contributed by atoms with Crippen LogP contribution in [0.2, 0.25) is 0 Å². The first-order chi connectivity index (χ1) is 10.4. The Morgan fingerprint density at radius 3 is 2.32 bits per heavy atom. The molecule has 0 saturated carbocycles. The fraction of sp³-hybridized carbons (Fsp3) is 0.263. The SMILES string of the molecule is CCn1c(-c2ccc(C(C)(C)F)cc2)cc2cc(N)ccc21. The third-order valence-corrected chi connectivity index (χ3v) is 4.11. The van der Waals surface area contributed by atoms with E-state index in [1.807, 2.05) is 36.4 Å². The van der Waals surface area contributed by atoms with Gasteiger partial charge in [0.05, 0.1) is 0 Å². The highest BCUT2D eigenvalue weighted by Gasteiger charge is 2.18. The molecule has 0 aliphatic heterocycles. The first-order valence-electron chi connectivity index (χ1n) is 7.58. The van der Waals surface area contributed by atoms with Gasteiger partial charge in [0.25, 0.3) is 0 Å². The Balaban J connectivity index is 2.13. The molecule has 0 aliphatic carbocycles. The number of nitrogens with two attached hydrogens (primary N) is 1. The number of hydrogen-bond donors (Lipinski definition) is 1. The number of nitrogen functional groups attached to an aromatic ring is 1. The third-order valence-electron chi connectivity index (χ3n) is 4.11. The second kappa shape index (κ2) is 5.16. The number of aromatic nitrogens is 1. The zero-order valence-electron chi connectivity index (χ0n) is 13.2. The fourth-order valence-electron chi connectivity index (χ4n) is 2.91. The van der Waals surface area contributed by atoms with Gasteiger partial charge in [-0.3, -0.25) is 0 Å². The molecule has 3 heteroatoms. The van der Waals surface area contributed by atoms with E-state index in [0.717, 1.165) is 28.9 Å². The summed E-state index contributed by atoms with van der Waals surface area (Å²) in [6.07, 6.45) is 0. The zero-order chi connectivity index (χ0) is 15.9. The van der Waals surface area contributed by atoms with Crippen LogP contribution >= 0.6 is 0 Å². The normalized spacial score (nSPS) is 12.0. The molecule has 1 aromatic heterocycles. The van der Waals surface area contributed by atoms with Gasteiger partial charge in [0, 0.05) is 28.8 Å². The van der Waals surface area contributed by atoms with Crippen molar-refractivity contribution in [2.45, 2.75) is 33.0 Å². The minimum Gasteiger partial charge on any atom is -0.399 e. The Labute approximate surface area is 130 Å². The van der Waals surface area contributed by atoms with Gasteiger partial charge in [-0.05, 0) is 56.2 Å². The third kappa shape index (κ3) is 2.47. The lowest BCUT2D eigenvalue weighted by Crippen LogP contribution is -2.08. The van der Waals surface area contributed by atoms with Crippen LogP contribution in [0.1, 0.15) is 26.3 Å². The van der Waals surface area contributed by atoms with Crippen molar-refractivity contribution in [1.29, 1.82) is 0 Å². The van der Waals surface area contributed by atoms with E-state index in [4.69, 9.17) is 5.73 Å². The molecule has 0 atom stereocenters. The lowest BCUT2D eigenvalue weighted by atomic mass is 9.98. The molecule has 0 saturated heterocycles. The van der Waals surface area contributed by atoms with Crippen molar-refractivity contribution in [3.8, 4) is 11.3 Å². The van der Waals surface area contributed by atoms with Crippen LogP contribution in [0.25, 0.3) is 22.2 Å². The van der Waals surface area contributed by atoms with E-state index < -0.39 is 5.67 Å². The molecule has 3 aromatic rings. The molecule has 0 bridgehead atoms. The summed E-state index contributed by atoms with van der Waals surface area (Å²) in [5, 5.41) is 1.13. The number of benzene rings is 2. The van der Waals surface area contributed by atoms with Crippen LogP contribution in [0.5, 0.6) is 0 Å². The summed E-state index contributed by atoms with van der Waals surface area (Å²) in [5.74, 6) is 0. The summed E-state index contributed by atoms with van der Waals surface area (Å²) in [6.45, 7) is 6.15. The highest BCUT2D eigenvalue weighted by molar-refractivity contribution is 5.89. The van der Waals surface area contributed by atoms with E-state index in [9.17, 15) is 4.39 Å². The Bertz CT molecular complexity index is 808. The number of halogens is 1. The standard InChI is InChI=1S/C19H21FN2/c1-4-22-17-10-9-16(21)11-14(17)12-18(22)13-5-7-15(8-6-13)19(2,3)20/h5-12H,4,21H2,1-3H3. The molecule has 2 aromatic carbocycles. The molecule has 22 heavy (non-hydrogen) atoms. The minimum absolute atomic E-state index is 0.694. The van der Waals surface area contributed by atoms with Crippen LogP contribution in [0.15, 0.2) is 48.5 Å². The molecule has 0 radical (unpaired) electrons. The summed E-state index contributed by atoms with van der Waals surface area (Å²) in [5.41, 5.74) is 9.41. The second-order valence-electron chi connectivity index (χ2n) is 6.14. The van der Waals surface area contributed by atoms with Crippen LogP contribution < -0.4 is 5.73 Å². The van der Waals surface area contributed by atoms with Crippen LogP contribution in [0, 0.1) is 0 Å². The Hall–Kier alpha value is -2.29. The average molecular weight is 296 g/mol. The Morgan fingerprint density at radius 1 is 1.05 bits per heavy atom. The highest BCUT2D eigenvalue weighted by Crippen LogP contribution is 2.31. The molecule has 2 nitrogen and oxygen atoms in total. The zero-order valence-corrected chi connectivity index (χ0v) is 13.2. The van der Waals surface area contributed by atoms with Gasteiger partial charge in [-0.25, -0.2) is 4.39 Å². The molecular formula is C19H21FN2. The van der Waals surface area contributed by atoms with E-state index in [1.165, 1.54) is 5.52 Å². The number of fused-ring (bicyclic) bond motifs is 1. The van der Waals surface area contributed by atoms with Gasteiger partial charge in [0.15, 0.2) is 0 Å². The van der Waals surface area contributed by atoms with Crippen LogP contribution in [0.4, 0.5) is 10.1 Å². The van der Waals surface area contributed by atoms with E-state index in [-0.39, 0.29) is 0 Å². The number of rotatable bonds is 3. The summed E-state index contributed by atoms with van der Waals surface area (Å²) in [4.78, 5) is 0. The first-order valence-corrected chi connectivity index (χ1v) is 7.58. The number of hydrogen-bond acceptors (Lipinski definition) is 1. The minimum atomic E-state index is -1.32. The van der Waals surface area contributed by atoms with Crippen molar-refractivity contribution >= 4 is 16.6 Å². The molecular weight excluding hydrogens is 275 g/mol. The number of anilines is 1. The Kier molecular flexibility index (Phi) is 3.44. The van der Waals surface area contributed by atoms with E-state index in [0.29, 0.717) is 5.56 Å². The summed E-state index contributed by atoms with van der Waals surface area (Å²) in [7, 11) is 0. The van der Waals surface area contributed by atoms with Gasteiger partial charge in [-0.1, -0.05) is 24.3 Å². The van der Waals surface area contributed by atoms with Gasteiger partial charge < -0.3 is 10.3 Å². The number of alkyl halides is 1. The van der Waals surface area contributed by atoms with E-state index in [2.05, 4.69) is 23.6 Å². The maximum Gasteiger partial charge on any atom is 0.130 e. The monoisotopic (exact) mass is 296 g/mol. The molecule has 0 fully saturated rings. The topological polar surface area (TPSA) is 30.9 Å². The molecule has 0 spiro atoms. The maximum absolute atomic E-state index is 14.0. The molecule has 2 N–H and O–H groups in total. The van der Waals surface area contributed by atoms with Gasteiger partial charge in [-0.2, -0.15) is 0 Å². The lowest BCUT2D eigenvalue weighted by molar-refractivity contribution is 0.221. The number of aryl methyl sites for hydroxylation is 1. The van der Waals surface area contributed by atoms with Crippen molar-refractivity contribution < 1.29 is 4.39 Å². The van der Waals surface area contributed by atoms with Gasteiger partial charge in [0.1, 0.15) is 5.67 Å². The summed E-state index contributed by atoms with van der Waals surface area (Å²) < 4.78 is 16.2. The average Bonchev–Trinajstić information content (AvgIpc) is 2.84. The molecule has 1 heterocycles. The predicted molar refractivity (Wildman–Crippen MR) is 91.6 cm³/mol. The molecule has 0 unspecified atom stereocenters. The summed E-state index contributed by atoms with van der Waals surface area (Å²) >= 11 is 0. The van der Waals surface area contributed by atoms with Crippen molar-refractivity contribution in [2.24, 2.45) is 0 Å². The lowest BCUT2D eigenvalue weighted by Gasteiger charge is -2.15. The van der Waals surface area contributed by atoms with Crippen molar-refractivity contribution in [3.63, 3.8) is 0 Å². The van der Waals surface area contributed by atoms with Crippen molar-refractivity contribution in [2.75, 3.05) is 5.73 Å².